The molecule has 0 aromatic carbocycles. The molecular weight excluding hydrogens is 418 g/mol. The van der Waals surface area contributed by atoms with Gasteiger partial charge in [0.1, 0.15) is 17.0 Å². The summed E-state index contributed by atoms with van der Waals surface area (Å²) in [5.74, 6) is 0.890. The second-order valence-corrected chi connectivity index (χ2v) is 9.21. The van der Waals surface area contributed by atoms with Gasteiger partial charge in [0.2, 0.25) is 0 Å². The van der Waals surface area contributed by atoms with Gasteiger partial charge in [-0.15, -0.1) is 0 Å². The molecule has 174 valence electrons. The summed E-state index contributed by atoms with van der Waals surface area (Å²) in [7, 11) is 1.62. The van der Waals surface area contributed by atoms with E-state index in [0.29, 0.717) is 17.3 Å². The number of carbonyl (C=O) groups is 1. The molecule has 1 atom stereocenters. The quantitative estimate of drug-likeness (QED) is 0.631. The second-order valence-electron chi connectivity index (χ2n) is 9.21. The molecule has 3 aromatic heterocycles. The SMILES string of the molecule is CNC(=O)c1ccc(N2CCC(N3CCC(c4nn5ccc(C)c5c(=O)[nH]4)C3)CC2)c(C)n1. The highest BCUT2D eigenvalue weighted by molar-refractivity contribution is 5.92. The van der Waals surface area contributed by atoms with E-state index in [1.165, 1.54) is 0 Å². The molecule has 5 rings (SSSR count). The zero-order valence-electron chi connectivity index (χ0n) is 19.5. The van der Waals surface area contributed by atoms with Gasteiger partial charge in [-0.25, -0.2) is 9.50 Å². The van der Waals surface area contributed by atoms with E-state index in [9.17, 15) is 9.59 Å². The maximum atomic E-state index is 12.5. The van der Waals surface area contributed by atoms with Crippen molar-refractivity contribution in [2.24, 2.45) is 0 Å². The minimum atomic E-state index is -0.158. The smallest absolute Gasteiger partial charge is 0.275 e. The summed E-state index contributed by atoms with van der Waals surface area (Å²) in [6.45, 7) is 7.80. The van der Waals surface area contributed by atoms with Gasteiger partial charge in [0.05, 0.1) is 11.4 Å². The van der Waals surface area contributed by atoms with Crippen LogP contribution >= 0.6 is 0 Å². The molecule has 2 aliphatic heterocycles. The van der Waals surface area contributed by atoms with E-state index < -0.39 is 0 Å². The van der Waals surface area contributed by atoms with E-state index >= 15 is 0 Å². The summed E-state index contributed by atoms with van der Waals surface area (Å²) in [5.41, 5.74) is 3.98. The first-order chi connectivity index (χ1) is 15.9. The van der Waals surface area contributed by atoms with Crippen LogP contribution in [-0.4, -0.2) is 69.7 Å². The van der Waals surface area contributed by atoms with Crippen LogP contribution in [0.4, 0.5) is 5.69 Å². The first kappa shape index (κ1) is 21.6. The number of aromatic amines is 1. The van der Waals surface area contributed by atoms with Crippen molar-refractivity contribution in [1.29, 1.82) is 0 Å². The molecule has 0 radical (unpaired) electrons. The molecule has 3 aromatic rings. The van der Waals surface area contributed by atoms with Crippen LogP contribution in [0, 0.1) is 13.8 Å². The van der Waals surface area contributed by atoms with Gasteiger partial charge in [-0.3, -0.25) is 14.5 Å². The normalized spacial score (nSPS) is 20.0. The number of nitrogens with zero attached hydrogens (tertiary/aromatic N) is 5. The Labute approximate surface area is 192 Å². The van der Waals surface area contributed by atoms with E-state index in [1.54, 1.807) is 17.6 Å². The summed E-state index contributed by atoms with van der Waals surface area (Å²) in [5, 5.41) is 7.32. The van der Waals surface area contributed by atoms with Gasteiger partial charge in [0.25, 0.3) is 11.5 Å². The molecule has 2 N–H and O–H groups in total. The molecule has 9 nitrogen and oxygen atoms in total. The molecule has 33 heavy (non-hydrogen) atoms. The van der Waals surface area contributed by atoms with E-state index in [2.05, 4.69) is 25.1 Å². The lowest BCUT2D eigenvalue weighted by Crippen LogP contribution is -2.44. The van der Waals surface area contributed by atoms with Gasteiger partial charge < -0.3 is 15.2 Å². The lowest BCUT2D eigenvalue weighted by Gasteiger charge is -2.38. The highest BCUT2D eigenvalue weighted by atomic mass is 16.1. The fraction of sp³-hybridized carbons (Fsp3) is 0.500. The Balaban J connectivity index is 1.22. The number of aryl methyl sites for hydroxylation is 2. The largest absolute Gasteiger partial charge is 0.370 e. The van der Waals surface area contributed by atoms with Gasteiger partial charge in [-0.05, 0) is 63.4 Å². The van der Waals surface area contributed by atoms with Gasteiger partial charge >= 0.3 is 0 Å². The number of likely N-dealkylation sites (tertiary alicyclic amines) is 1. The predicted octanol–water partition coefficient (Wildman–Crippen LogP) is 1.85. The number of nitrogens with one attached hydrogen (secondary N) is 2. The molecule has 0 aliphatic carbocycles. The van der Waals surface area contributed by atoms with Crippen molar-refractivity contribution in [3.63, 3.8) is 0 Å². The third kappa shape index (κ3) is 4.01. The highest BCUT2D eigenvalue weighted by Gasteiger charge is 2.33. The highest BCUT2D eigenvalue weighted by Crippen LogP contribution is 2.31. The number of aromatic nitrogens is 4. The average molecular weight is 450 g/mol. The van der Waals surface area contributed by atoms with Crippen molar-refractivity contribution in [3.8, 4) is 0 Å². The number of hydrogen-bond acceptors (Lipinski definition) is 6. The maximum Gasteiger partial charge on any atom is 0.275 e. The predicted molar refractivity (Wildman–Crippen MR) is 127 cm³/mol. The molecule has 0 saturated carbocycles. The van der Waals surface area contributed by atoms with E-state index in [1.807, 2.05) is 32.2 Å². The van der Waals surface area contributed by atoms with E-state index in [-0.39, 0.29) is 17.4 Å². The van der Waals surface area contributed by atoms with Crippen molar-refractivity contribution in [3.05, 3.63) is 57.5 Å². The van der Waals surface area contributed by atoms with Crippen LogP contribution in [0.25, 0.3) is 5.52 Å². The average Bonchev–Trinajstić information content (AvgIpc) is 3.46. The monoisotopic (exact) mass is 449 g/mol. The molecule has 0 spiro atoms. The second kappa shape index (κ2) is 8.62. The molecule has 9 heteroatoms. The first-order valence-corrected chi connectivity index (χ1v) is 11.7. The molecule has 0 bridgehead atoms. The Hall–Kier alpha value is -3.20. The van der Waals surface area contributed by atoms with Crippen LogP contribution in [0.3, 0.4) is 0 Å². The number of hydrogen-bond donors (Lipinski definition) is 2. The maximum absolute atomic E-state index is 12.5. The Morgan fingerprint density at radius 2 is 1.91 bits per heavy atom. The van der Waals surface area contributed by atoms with Crippen molar-refractivity contribution in [2.75, 3.05) is 38.1 Å². The molecule has 1 unspecified atom stereocenters. The minimum Gasteiger partial charge on any atom is -0.370 e. The fourth-order valence-electron chi connectivity index (χ4n) is 5.34. The Kier molecular flexibility index (Phi) is 5.65. The molecule has 1 amide bonds. The number of H-pyrrole nitrogens is 1. The van der Waals surface area contributed by atoms with E-state index in [0.717, 1.165) is 68.2 Å². The zero-order valence-corrected chi connectivity index (χ0v) is 19.5. The number of piperidine rings is 1. The van der Waals surface area contributed by atoms with Crippen molar-refractivity contribution < 1.29 is 4.79 Å². The summed E-state index contributed by atoms with van der Waals surface area (Å²) in [4.78, 5) is 36.8. The lowest BCUT2D eigenvalue weighted by atomic mass is 10.0. The topological polar surface area (TPSA) is 98.6 Å². The third-order valence-corrected chi connectivity index (χ3v) is 7.19. The van der Waals surface area contributed by atoms with Crippen molar-refractivity contribution in [1.82, 2.24) is 29.8 Å². The molecule has 2 saturated heterocycles. The summed E-state index contributed by atoms with van der Waals surface area (Å²) >= 11 is 0. The summed E-state index contributed by atoms with van der Waals surface area (Å²) < 4.78 is 1.72. The first-order valence-electron chi connectivity index (χ1n) is 11.7. The number of anilines is 1. The van der Waals surface area contributed by atoms with Gasteiger partial charge in [-0.2, -0.15) is 5.10 Å². The van der Waals surface area contributed by atoms with Crippen molar-refractivity contribution in [2.45, 2.75) is 45.1 Å². The minimum absolute atomic E-state index is 0.0549. The van der Waals surface area contributed by atoms with Crippen LogP contribution in [-0.2, 0) is 0 Å². The van der Waals surface area contributed by atoms with Crippen LogP contribution in [0.5, 0.6) is 0 Å². The van der Waals surface area contributed by atoms with Crippen LogP contribution in [0.15, 0.2) is 29.2 Å². The Morgan fingerprint density at radius 1 is 1.12 bits per heavy atom. The Bertz CT molecular complexity index is 1240. The molecule has 2 fully saturated rings. The number of fused-ring (bicyclic) bond motifs is 1. The van der Waals surface area contributed by atoms with Gasteiger partial charge in [0, 0.05) is 44.8 Å². The molecule has 5 heterocycles. The van der Waals surface area contributed by atoms with Crippen LogP contribution in [0.1, 0.15) is 52.8 Å². The lowest BCUT2D eigenvalue weighted by molar-refractivity contribution is 0.0958. The number of rotatable bonds is 4. The Morgan fingerprint density at radius 3 is 2.64 bits per heavy atom. The van der Waals surface area contributed by atoms with Crippen molar-refractivity contribution >= 4 is 17.1 Å². The van der Waals surface area contributed by atoms with E-state index in [4.69, 9.17) is 5.10 Å². The zero-order chi connectivity index (χ0) is 23.1. The van der Waals surface area contributed by atoms with Gasteiger partial charge in [0.15, 0.2) is 0 Å². The van der Waals surface area contributed by atoms with Crippen LogP contribution < -0.4 is 15.8 Å². The third-order valence-electron chi connectivity index (χ3n) is 7.19. The molecule has 2 aliphatic rings. The summed E-state index contributed by atoms with van der Waals surface area (Å²) in [6.07, 6.45) is 5.05. The summed E-state index contributed by atoms with van der Waals surface area (Å²) in [6, 6.07) is 6.28. The fourth-order valence-corrected chi connectivity index (χ4v) is 5.34. The number of pyridine rings is 1. The standard InChI is InChI=1S/C24H31N7O2/c1-15-6-13-31-21(15)24(33)27-22(28-31)17-7-10-30(14-17)18-8-11-29(12-9-18)20-5-4-19(23(32)25-3)26-16(20)2/h4-6,13,17-18H,7-12,14H2,1-3H3,(H,25,32)(H,27,28,33). The number of carbonyl (C=O) groups excluding carboxylic acids is 1. The van der Waals surface area contributed by atoms with Crippen LogP contribution in [0.2, 0.25) is 0 Å². The molecular formula is C24H31N7O2. The number of amides is 1. The van der Waals surface area contributed by atoms with Gasteiger partial charge in [-0.1, -0.05) is 0 Å².